The van der Waals surface area contributed by atoms with Crippen LogP contribution in [0.25, 0.3) is 0 Å². The Labute approximate surface area is 149 Å². The van der Waals surface area contributed by atoms with Crippen molar-refractivity contribution in [2.45, 2.75) is 83.5 Å². The molecule has 8 aliphatic carbocycles. The summed E-state index contributed by atoms with van der Waals surface area (Å²) < 4.78 is 0. The molecule has 8 bridgehead atoms. The lowest BCUT2D eigenvalue weighted by Gasteiger charge is -2.55. The van der Waals surface area contributed by atoms with E-state index in [1.165, 1.54) is 12.8 Å². The zero-order valence-electron chi connectivity index (χ0n) is 15.5. The summed E-state index contributed by atoms with van der Waals surface area (Å²) in [5, 5.41) is 0. The fourth-order valence-electron chi connectivity index (χ4n) is 9.55. The van der Waals surface area contributed by atoms with Gasteiger partial charge >= 0.3 is 0 Å². The summed E-state index contributed by atoms with van der Waals surface area (Å²) in [6.07, 6.45) is 23.4. The highest BCUT2D eigenvalue weighted by molar-refractivity contribution is 5.00. The molecule has 8 fully saturated rings. The van der Waals surface area contributed by atoms with Crippen LogP contribution in [0.5, 0.6) is 0 Å². The summed E-state index contributed by atoms with van der Waals surface area (Å²) in [6.45, 7) is 0. The van der Waals surface area contributed by atoms with Crippen LogP contribution >= 0.6 is 0 Å². The Hall–Kier alpha value is 0. The van der Waals surface area contributed by atoms with Crippen molar-refractivity contribution in [2.75, 3.05) is 0 Å². The molecular formula is C24H37. The quantitative estimate of drug-likeness (QED) is 0.506. The molecule has 0 aromatic rings. The Morgan fingerprint density at radius 3 is 1.38 bits per heavy atom. The van der Waals surface area contributed by atoms with Gasteiger partial charge in [-0.1, -0.05) is 0 Å². The fraction of sp³-hybridized carbons (Fsp3) is 0.958. The first-order valence-corrected chi connectivity index (χ1v) is 11.6. The molecule has 8 rings (SSSR count). The van der Waals surface area contributed by atoms with Crippen LogP contribution < -0.4 is 0 Å². The van der Waals surface area contributed by atoms with Crippen molar-refractivity contribution in [1.82, 2.24) is 0 Å². The van der Waals surface area contributed by atoms with E-state index in [1.54, 1.807) is 70.6 Å². The standard InChI is InChI=1S/C24H37/c1(3-23-19-7-15-5-16(9-19)10-20(23)8-15)2-4-24-21-11-17-6-18(13-21)14-22(24)12-17/h1,15-24H,2-14H2. The second-order valence-corrected chi connectivity index (χ2v) is 11.3. The highest BCUT2D eigenvalue weighted by Gasteiger charge is 2.49. The van der Waals surface area contributed by atoms with E-state index >= 15 is 0 Å². The van der Waals surface area contributed by atoms with Crippen molar-refractivity contribution in [1.29, 1.82) is 0 Å². The lowest BCUT2D eigenvalue weighted by molar-refractivity contribution is -0.0423. The largest absolute Gasteiger partial charge is 0.0499 e. The molecule has 0 amide bonds. The van der Waals surface area contributed by atoms with Gasteiger partial charge < -0.3 is 0 Å². The molecule has 8 aliphatic rings. The predicted molar refractivity (Wildman–Crippen MR) is 99.2 cm³/mol. The van der Waals surface area contributed by atoms with Crippen molar-refractivity contribution in [2.24, 2.45) is 59.2 Å². The fourth-order valence-corrected chi connectivity index (χ4v) is 9.55. The van der Waals surface area contributed by atoms with Crippen LogP contribution in [0, 0.1) is 65.6 Å². The molecule has 0 heteroatoms. The van der Waals surface area contributed by atoms with Crippen LogP contribution in [0.2, 0.25) is 0 Å². The van der Waals surface area contributed by atoms with Gasteiger partial charge in [-0.3, -0.25) is 0 Å². The summed E-state index contributed by atoms with van der Waals surface area (Å²) >= 11 is 0. The van der Waals surface area contributed by atoms with E-state index in [0.717, 1.165) is 59.2 Å². The minimum Gasteiger partial charge on any atom is -0.0499 e. The Kier molecular flexibility index (Phi) is 3.62. The first-order valence-electron chi connectivity index (χ1n) is 11.6. The number of hydrogen-bond donors (Lipinski definition) is 0. The summed E-state index contributed by atoms with van der Waals surface area (Å²) in [5.74, 6) is 11.4. The van der Waals surface area contributed by atoms with Gasteiger partial charge in [0, 0.05) is 0 Å². The number of hydrogen-bond acceptors (Lipinski definition) is 0. The molecule has 0 nitrogen and oxygen atoms in total. The molecule has 0 aliphatic heterocycles. The van der Waals surface area contributed by atoms with Crippen LogP contribution in [-0.2, 0) is 0 Å². The Bertz CT molecular complexity index is 376. The third kappa shape index (κ3) is 2.44. The lowest BCUT2D eigenvalue weighted by Crippen LogP contribution is -2.45. The molecular weight excluding hydrogens is 288 g/mol. The molecule has 0 saturated heterocycles. The van der Waals surface area contributed by atoms with Crippen LogP contribution in [-0.4, -0.2) is 0 Å². The average Bonchev–Trinajstić information content (AvgIpc) is 2.54. The van der Waals surface area contributed by atoms with E-state index in [1.807, 2.05) is 0 Å². The predicted octanol–water partition coefficient (Wildman–Crippen LogP) is 6.51. The molecule has 1 radical (unpaired) electrons. The van der Waals surface area contributed by atoms with Gasteiger partial charge in [-0.05, 0) is 149 Å². The minimum atomic E-state index is 1.11. The van der Waals surface area contributed by atoms with Gasteiger partial charge in [0.05, 0.1) is 0 Å². The molecule has 8 saturated carbocycles. The molecule has 0 heterocycles. The van der Waals surface area contributed by atoms with Gasteiger partial charge in [-0.15, -0.1) is 0 Å². The summed E-state index contributed by atoms with van der Waals surface area (Å²) in [4.78, 5) is 0. The molecule has 0 spiro atoms. The maximum Gasteiger partial charge on any atom is -0.0354 e. The molecule has 0 unspecified atom stereocenters. The normalized spacial score (nSPS) is 57.0. The van der Waals surface area contributed by atoms with E-state index < -0.39 is 0 Å². The van der Waals surface area contributed by atoms with Gasteiger partial charge in [-0.25, -0.2) is 0 Å². The van der Waals surface area contributed by atoms with E-state index in [-0.39, 0.29) is 0 Å². The van der Waals surface area contributed by atoms with Crippen LogP contribution in [0.4, 0.5) is 0 Å². The van der Waals surface area contributed by atoms with Crippen molar-refractivity contribution < 1.29 is 0 Å². The Morgan fingerprint density at radius 2 is 0.917 bits per heavy atom. The molecule has 24 heavy (non-hydrogen) atoms. The second kappa shape index (κ2) is 5.75. The maximum atomic E-state index is 2.78. The zero-order valence-corrected chi connectivity index (χ0v) is 15.5. The van der Waals surface area contributed by atoms with Crippen molar-refractivity contribution >= 4 is 0 Å². The van der Waals surface area contributed by atoms with E-state index in [4.69, 9.17) is 0 Å². The van der Waals surface area contributed by atoms with E-state index in [2.05, 4.69) is 6.42 Å². The van der Waals surface area contributed by atoms with Crippen LogP contribution in [0.1, 0.15) is 83.5 Å². The molecule has 0 atom stereocenters. The van der Waals surface area contributed by atoms with Crippen LogP contribution in [0.15, 0.2) is 0 Å². The van der Waals surface area contributed by atoms with Crippen LogP contribution in [0.3, 0.4) is 0 Å². The Balaban J connectivity index is 1.01. The first-order chi connectivity index (χ1) is 11.8. The topological polar surface area (TPSA) is 0 Å². The zero-order chi connectivity index (χ0) is 15.7. The molecule has 0 N–H and O–H groups in total. The maximum absolute atomic E-state index is 2.78. The molecule has 133 valence electrons. The van der Waals surface area contributed by atoms with Crippen molar-refractivity contribution in [3.63, 3.8) is 0 Å². The number of rotatable bonds is 5. The van der Waals surface area contributed by atoms with Crippen molar-refractivity contribution in [3.8, 4) is 0 Å². The van der Waals surface area contributed by atoms with Crippen molar-refractivity contribution in [3.05, 3.63) is 6.42 Å². The van der Waals surface area contributed by atoms with Gasteiger partial charge in [0.1, 0.15) is 0 Å². The third-order valence-electron chi connectivity index (χ3n) is 9.99. The van der Waals surface area contributed by atoms with Gasteiger partial charge in [0.15, 0.2) is 0 Å². The third-order valence-corrected chi connectivity index (χ3v) is 9.99. The molecule has 0 aromatic carbocycles. The second-order valence-electron chi connectivity index (χ2n) is 11.3. The van der Waals surface area contributed by atoms with Gasteiger partial charge in [0.25, 0.3) is 0 Å². The monoisotopic (exact) mass is 325 g/mol. The molecule has 0 aromatic heterocycles. The average molecular weight is 326 g/mol. The Morgan fingerprint density at radius 1 is 0.500 bits per heavy atom. The lowest BCUT2D eigenvalue weighted by atomic mass is 9.50. The minimum absolute atomic E-state index is 1.11. The first kappa shape index (κ1) is 15.1. The smallest absolute Gasteiger partial charge is 0.0354 e. The summed E-state index contributed by atoms with van der Waals surface area (Å²) in [5.41, 5.74) is 0. The number of unbranched alkanes of at least 4 members (excludes halogenated alkanes) is 1. The van der Waals surface area contributed by atoms with Gasteiger partial charge in [0.2, 0.25) is 0 Å². The van der Waals surface area contributed by atoms with Gasteiger partial charge in [-0.2, -0.15) is 0 Å². The highest BCUT2D eigenvalue weighted by atomic mass is 14.5. The summed E-state index contributed by atoms with van der Waals surface area (Å²) in [6, 6.07) is 0. The SMILES string of the molecule is [CH](CCC1C2CC3CC(C2)CC1C3)CC1C2CC3CC(C2)CC1C3. The highest BCUT2D eigenvalue weighted by Crippen LogP contribution is 2.59. The van der Waals surface area contributed by atoms with E-state index in [0.29, 0.717) is 0 Å². The van der Waals surface area contributed by atoms with E-state index in [9.17, 15) is 0 Å². The summed E-state index contributed by atoms with van der Waals surface area (Å²) in [7, 11) is 0.